The Morgan fingerprint density at radius 3 is 2.80 bits per heavy atom. The number of carbonyl (C=O) groups excluding carboxylic acids is 1. The summed E-state index contributed by atoms with van der Waals surface area (Å²) in [5.41, 5.74) is 2.15. The molecule has 0 radical (unpaired) electrons. The third-order valence-electron chi connectivity index (χ3n) is 6.33. The summed E-state index contributed by atoms with van der Waals surface area (Å²) >= 11 is 0. The van der Waals surface area contributed by atoms with Gasteiger partial charge >= 0.3 is 0 Å². The van der Waals surface area contributed by atoms with Gasteiger partial charge in [0, 0.05) is 62.4 Å². The smallest absolute Gasteiger partial charge is 0.227 e. The molecule has 0 saturated carbocycles. The van der Waals surface area contributed by atoms with Gasteiger partial charge in [0.25, 0.3) is 0 Å². The van der Waals surface area contributed by atoms with Gasteiger partial charge < -0.3 is 9.42 Å². The molecule has 0 N–H and O–H groups in total. The molecule has 2 aromatic heterocycles. The van der Waals surface area contributed by atoms with Gasteiger partial charge in [0.2, 0.25) is 17.6 Å². The number of aromatic nitrogens is 3. The molecule has 0 bridgehead atoms. The highest BCUT2D eigenvalue weighted by Crippen LogP contribution is 2.44. The van der Waals surface area contributed by atoms with Crippen molar-refractivity contribution < 1.29 is 9.32 Å². The first-order valence-corrected chi connectivity index (χ1v) is 10.4. The summed E-state index contributed by atoms with van der Waals surface area (Å²) in [6, 6.07) is 14.7. The van der Waals surface area contributed by atoms with E-state index in [-0.39, 0.29) is 5.91 Å². The molecular weight excluding hydrogens is 378 g/mol. The molecule has 4 heterocycles. The molecule has 0 unspecified atom stereocenters. The maximum absolute atomic E-state index is 12.9. The van der Waals surface area contributed by atoms with Crippen LogP contribution in [0.3, 0.4) is 0 Å². The first kappa shape index (κ1) is 18.9. The predicted octanol–water partition coefficient (Wildman–Crippen LogP) is 2.83. The largest absolute Gasteiger partial charge is 0.342 e. The second-order valence-corrected chi connectivity index (χ2v) is 8.27. The van der Waals surface area contributed by atoms with Crippen LogP contribution >= 0.6 is 0 Å². The molecule has 1 aromatic carbocycles. The van der Waals surface area contributed by atoms with Gasteiger partial charge in [-0.25, -0.2) is 0 Å². The van der Waals surface area contributed by atoms with Gasteiger partial charge in [0.15, 0.2) is 0 Å². The van der Waals surface area contributed by atoms with E-state index in [9.17, 15) is 4.79 Å². The summed E-state index contributed by atoms with van der Waals surface area (Å²) in [5.74, 6) is 2.19. The van der Waals surface area contributed by atoms with E-state index in [2.05, 4.69) is 57.4 Å². The van der Waals surface area contributed by atoms with E-state index in [1.54, 1.807) is 12.4 Å². The Morgan fingerprint density at radius 1 is 1.13 bits per heavy atom. The van der Waals surface area contributed by atoms with Crippen LogP contribution < -0.4 is 0 Å². The molecule has 2 aliphatic rings. The second kappa shape index (κ2) is 7.99. The first-order valence-electron chi connectivity index (χ1n) is 10.4. The lowest BCUT2D eigenvalue weighted by atomic mass is 9.90. The van der Waals surface area contributed by atoms with Crippen molar-refractivity contribution in [3.8, 4) is 11.4 Å². The van der Waals surface area contributed by atoms with Gasteiger partial charge in [0.05, 0.1) is 0 Å². The molecule has 7 heteroatoms. The number of benzene rings is 1. The van der Waals surface area contributed by atoms with Crippen molar-refractivity contribution in [2.75, 3.05) is 26.7 Å². The Morgan fingerprint density at radius 2 is 2.00 bits per heavy atom. The van der Waals surface area contributed by atoms with Crippen LogP contribution in [0, 0.1) is 11.8 Å². The summed E-state index contributed by atoms with van der Waals surface area (Å²) in [5, 5.41) is 4.00. The lowest BCUT2D eigenvalue weighted by molar-refractivity contribution is -0.130. The summed E-state index contributed by atoms with van der Waals surface area (Å²) in [7, 11) is 2.19. The summed E-state index contributed by atoms with van der Waals surface area (Å²) in [6.45, 7) is 2.69. The number of likely N-dealkylation sites (tertiary alicyclic amines) is 2. The summed E-state index contributed by atoms with van der Waals surface area (Å²) in [4.78, 5) is 25.8. The maximum Gasteiger partial charge on any atom is 0.227 e. The van der Waals surface area contributed by atoms with Crippen LogP contribution in [0.5, 0.6) is 0 Å². The molecule has 154 valence electrons. The number of carbonyl (C=O) groups is 1. The third kappa shape index (κ3) is 3.61. The van der Waals surface area contributed by atoms with Crippen LogP contribution in [0.25, 0.3) is 11.4 Å². The molecule has 1 amide bonds. The fourth-order valence-electron chi connectivity index (χ4n) is 4.95. The van der Waals surface area contributed by atoms with E-state index in [0.29, 0.717) is 42.4 Å². The number of aryl methyl sites for hydroxylation is 1. The quantitative estimate of drug-likeness (QED) is 0.652. The van der Waals surface area contributed by atoms with E-state index < -0.39 is 0 Å². The molecule has 0 aliphatic carbocycles. The Bertz CT molecular complexity index is 1010. The molecule has 30 heavy (non-hydrogen) atoms. The molecule has 7 nitrogen and oxygen atoms in total. The average Bonchev–Trinajstić information content (AvgIpc) is 3.48. The van der Waals surface area contributed by atoms with Gasteiger partial charge in [-0.2, -0.15) is 4.98 Å². The highest BCUT2D eigenvalue weighted by Gasteiger charge is 2.47. The zero-order valence-electron chi connectivity index (χ0n) is 17.0. The van der Waals surface area contributed by atoms with Crippen molar-refractivity contribution in [2.45, 2.75) is 18.9 Å². The van der Waals surface area contributed by atoms with Crippen LogP contribution in [0.15, 0.2) is 59.4 Å². The second-order valence-electron chi connectivity index (χ2n) is 8.27. The Labute approximate surface area is 175 Å². The van der Waals surface area contributed by atoms with Crippen molar-refractivity contribution in [1.29, 1.82) is 0 Å². The van der Waals surface area contributed by atoms with E-state index in [0.717, 1.165) is 25.2 Å². The number of fused-ring (bicyclic) bond motifs is 1. The number of amides is 1. The van der Waals surface area contributed by atoms with E-state index in [1.165, 1.54) is 5.56 Å². The van der Waals surface area contributed by atoms with Crippen molar-refractivity contribution in [3.63, 3.8) is 0 Å². The number of pyridine rings is 1. The van der Waals surface area contributed by atoms with Crippen LogP contribution in [-0.2, 0) is 11.2 Å². The van der Waals surface area contributed by atoms with Gasteiger partial charge in [-0.15, -0.1) is 0 Å². The lowest BCUT2D eigenvalue weighted by Gasteiger charge is -2.26. The van der Waals surface area contributed by atoms with E-state index in [4.69, 9.17) is 4.52 Å². The average molecular weight is 403 g/mol. The van der Waals surface area contributed by atoms with Crippen LogP contribution in [0.2, 0.25) is 0 Å². The summed E-state index contributed by atoms with van der Waals surface area (Å²) in [6.07, 6.45) is 4.25. The molecule has 2 saturated heterocycles. The predicted molar refractivity (Wildman–Crippen MR) is 111 cm³/mol. The minimum Gasteiger partial charge on any atom is -0.342 e. The molecule has 3 atom stereocenters. The van der Waals surface area contributed by atoms with E-state index >= 15 is 0 Å². The van der Waals surface area contributed by atoms with Crippen LogP contribution in [0.4, 0.5) is 0 Å². The third-order valence-corrected chi connectivity index (χ3v) is 6.33. The monoisotopic (exact) mass is 403 g/mol. The highest BCUT2D eigenvalue weighted by molar-refractivity contribution is 5.76. The first-order chi connectivity index (χ1) is 14.7. The standard InChI is InChI=1S/C23H25N5O2/c1-27-13-18-14-28(15-19(18)22(27)16-6-3-2-4-7-16)21(29)10-9-20-25-23(26-30-20)17-8-5-11-24-12-17/h2-8,11-12,18-19,22H,9-10,13-15H2,1H3/t18-,19+,22-/m0/s1. The fraction of sp³-hybridized carbons (Fsp3) is 0.391. The Kier molecular flexibility index (Phi) is 5.04. The topological polar surface area (TPSA) is 75.4 Å². The number of hydrogen-bond acceptors (Lipinski definition) is 6. The van der Waals surface area contributed by atoms with Crippen molar-refractivity contribution >= 4 is 5.91 Å². The fourth-order valence-corrected chi connectivity index (χ4v) is 4.95. The molecule has 2 aliphatic heterocycles. The normalized spacial score (nSPS) is 23.6. The highest BCUT2D eigenvalue weighted by atomic mass is 16.5. The SMILES string of the molecule is CN1C[C@H]2CN(C(=O)CCc3nc(-c4cccnc4)no3)C[C@H]2[C@@H]1c1ccccc1. The van der Waals surface area contributed by atoms with Gasteiger partial charge in [-0.1, -0.05) is 35.5 Å². The zero-order valence-corrected chi connectivity index (χ0v) is 17.0. The van der Waals surface area contributed by atoms with Crippen molar-refractivity contribution in [1.82, 2.24) is 24.9 Å². The Balaban J connectivity index is 1.20. The zero-order chi connectivity index (χ0) is 20.5. The number of rotatable bonds is 5. The minimum atomic E-state index is 0.167. The number of hydrogen-bond donors (Lipinski definition) is 0. The molecule has 0 spiro atoms. The van der Waals surface area contributed by atoms with Gasteiger partial charge in [-0.05, 0) is 30.7 Å². The minimum absolute atomic E-state index is 0.167. The number of nitrogens with zero attached hydrogens (tertiary/aromatic N) is 5. The van der Waals surface area contributed by atoms with Crippen LogP contribution in [-0.4, -0.2) is 57.5 Å². The molecule has 2 fully saturated rings. The van der Waals surface area contributed by atoms with Gasteiger partial charge in [-0.3, -0.25) is 14.7 Å². The Hall–Kier alpha value is -3.06. The molecule has 3 aromatic rings. The van der Waals surface area contributed by atoms with E-state index in [1.807, 2.05) is 17.0 Å². The summed E-state index contributed by atoms with van der Waals surface area (Å²) < 4.78 is 5.33. The maximum atomic E-state index is 12.9. The van der Waals surface area contributed by atoms with Crippen molar-refractivity contribution in [2.24, 2.45) is 11.8 Å². The van der Waals surface area contributed by atoms with Crippen LogP contribution in [0.1, 0.15) is 23.9 Å². The molecule has 5 rings (SSSR count). The lowest BCUT2D eigenvalue weighted by Crippen LogP contribution is -2.33. The van der Waals surface area contributed by atoms with Crippen molar-refractivity contribution in [3.05, 3.63) is 66.3 Å². The van der Waals surface area contributed by atoms with Gasteiger partial charge in [0.1, 0.15) is 0 Å². The molecular formula is C23H25N5O2.